The van der Waals surface area contributed by atoms with Gasteiger partial charge in [-0.15, -0.1) is 0 Å². The molecule has 21 heavy (non-hydrogen) atoms. The monoisotopic (exact) mass is 328 g/mol. The van der Waals surface area contributed by atoms with Crippen molar-refractivity contribution in [1.82, 2.24) is 10.2 Å². The minimum atomic E-state index is 0.732. The predicted molar refractivity (Wildman–Crippen MR) is 92.2 cm³/mol. The first kappa shape index (κ1) is 17.1. The number of likely N-dealkylation sites (tertiary alicyclic amines) is 1. The van der Waals surface area contributed by atoms with Crippen molar-refractivity contribution in [2.24, 2.45) is 11.8 Å². The first-order valence-electron chi connectivity index (χ1n) is 7.91. The van der Waals surface area contributed by atoms with E-state index in [4.69, 9.17) is 23.2 Å². The number of benzene rings is 1. The SMILES string of the molecule is CC(C)CNCC1CCN(Cc2cc(Cl)ccc2Cl)CC1. The fourth-order valence-electron chi connectivity index (χ4n) is 2.83. The topological polar surface area (TPSA) is 15.3 Å². The maximum absolute atomic E-state index is 6.25. The van der Waals surface area contributed by atoms with Gasteiger partial charge in [0, 0.05) is 16.6 Å². The molecule has 0 aliphatic carbocycles. The summed E-state index contributed by atoms with van der Waals surface area (Å²) in [5.74, 6) is 1.55. The normalized spacial score (nSPS) is 17.6. The lowest BCUT2D eigenvalue weighted by atomic mass is 9.96. The molecular formula is C17H26Cl2N2. The van der Waals surface area contributed by atoms with E-state index >= 15 is 0 Å². The zero-order valence-corrected chi connectivity index (χ0v) is 14.6. The van der Waals surface area contributed by atoms with Crippen molar-refractivity contribution in [2.75, 3.05) is 26.2 Å². The molecule has 1 fully saturated rings. The number of rotatable bonds is 6. The van der Waals surface area contributed by atoms with E-state index in [0.29, 0.717) is 0 Å². The van der Waals surface area contributed by atoms with Gasteiger partial charge in [0.25, 0.3) is 0 Å². The Bertz CT molecular complexity index is 440. The molecule has 1 N–H and O–H groups in total. The second-order valence-electron chi connectivity index (χ2n) is 6.51. The van der Waals surface area contributed by atoms with Crippen LogP contribution in [0, 0.1) is 11.8 Å². The van der Waals surface area contributed by atoms with Gasteiger partial charge in [-0.25, -0.2) is 0 Å². The van der Waals surface area contributed by atoms with E-state index in [-0.39, 0.29) is 0 Å². The smallest absolute Gasteiger partial charge is 0.0452 e. The van der Waals surface area contributed by atoms with Gasteiger partial charge in [0.15, 0.2) is 0 Å². The van der Waals surface area contributed by atoms with Crippen LogP contribution in [-0.4, -0.2) is 31.1 Å². The molecule has 0 spiro atoms. The van der Waals surface area contributed by atoms with Crippen LogP contribution in [0.5, 0.6) is 0 Å². The summed E-state index contributed by atoms with van der Waals surface area (Å²) in [5.41, 5.74) is 1.14. The Balaban J connectivity index is 1.75. The lowest BCUT2D eigenvalue weighted by molar-refractivity contribution is 0.175. The first-order valence-corrected chi connectivity index (χ1v) is 8.67. The molecule has 1 aromatic carbocycles. The number of hydrogen-bond donors (Lipinski definition) is 1. The van der Waals surface area contributed by atoms with Crippen LogP contribution in [0.2, 0.25) is 10.0 Å². The summed E-state index contributed by atoms with van der Waals surface area (Å²) in [4.78, 5) is 2.48. The maximum atomic E-state index is 6.25. The van der Waals surface area contributed by atoms with Crippen molar-refractivity contribution in [3.63, 3.8) is 0 Å². The van der Waals surface area contributed by atoms with Gasteiger partial charge in [-0.3, -0.25) is 4.90 Å². The lowest BCUT2D eigenvalue weighted by Crippen LogP contribution is -2.37. The summed E-state index contributed by atoms with van der Waals surface area (Å²) in [6, 6.07) is 5.72. The van der Waals surface area contributed by atoms with Crippen LogP contribution in [-0.2, 0) is 6.54 Å². The third kappa shape index (κ3) is 5.78. The molecular weight excluding hydrogens is 303 g/mol. The molecule has 1 heterocycles. The lowest BCUT2D eigenvalue weighted by Gasteiger charge is -2.32. The number of halogens is 2. The molecule has 4 heteroatoms. The van der Waals surface area contributed by atoms with Gasteiger partial charge in [0.1, 0.15) is 0 Å². The van der Waals surface area contributed by atoms with Gasteiger partial charge in [0.05, 0.1) is 0 Å². The minimum absolute atomic E-state index is 0.732. The van der Waals surface area contributed by atoms with Crippen LogP contribution in [0.15, 0.2) is 18.2 Å². The third-order valence-corrected chi connectivity index (χ3v) is 4.70. The summed E-state index contributed by atoms with van der Waals surface area (Å²) < 4.78 is 0. The first-order chi connectivity index (χ1) is 10.0. The van der Waals surface area contributed by atoms with E-state index in [2.05, 4.69) is 24.1 Å². The van der Waals surface area contributed by atoms with E-state index in [0.717, 1.165) is 60.2 Å². The molecule has 0 aromatic heterocycles. The highest BCUT2D eigenvalue weighted by molar-refractivity contribution is 6.33. The summed E-state index contributed by atoms with van der Waals surface area (Å²) in [5, 5.41) is 5.16. The molecule has 2 nitrogen and oxygen atoms in total. The van der Waals surface area contributed by atoms with Gasteiger partial charge in [-0.2, -0.15) is 0 Å². The molecule has 2 rings (SSSR count). The molecule has 0 unspecified atom stereocenters. The quantitative estimate of drug-likeness (QED) is 0.829. The molecule has 1 saturated heterocycles. The van der Waals surface area contributed by atoms with Crippen molar-refractivity contribution in [2.45, 2.75) is 33.2 Å². The Hall–Kier alpha value is -0.280. The largest absolute Gasteiger partial charge is 0.316 e. The third-order valence-electron chi connectivity index (χ3n) is 4.09. The Morgan fingerprint density at radius 3 is 2.62 bits per heavy atom. The van der Waals surface area contributed by atoms with E-state index < -0.39 is 0 Å². The van der Waals surface area contributed by atoms with E-state index in [1.807, 2.05) is 18.2 Å². The fraction of sp³-hybridized carbons (Fsp3) is 0.647. The predicted octanol–water partition coefficient (Wildman–Crippen LogP) is 4.45. The summed E-state index contributed by atoms with van der Waals surface area (Å²) in [6.07, 6.45) is 2.53. The second kappa shape index (κ2) is 8.38. The Morgan fingerprint density at radius 1 is 1.24 bits per heavy atom. The average Bonchev–Trinajstić information content (AvgIpc) is 2.44. The van der Waals surface area contributed by atoms with Gasteiger partial charge in [-0.1, -0.05) is 37.0 Å². The molecule has 0 amide bonds. The fourth-order valence-corrected chi connectivity index (χ4v) is 3.20. The van der Waals surface area contributed by atoms with E-state index in [1.54, 1.807) is 0 Å². The van der Waals surface area contributed by atoms with Crippen molar-refractivity contribution >= 4 is 23.2 Å². The minimum Gasteiger partial charge on any atom is -0.316 e. The van der Waals surface area contributed by atoms with Crippen molar-refractivity contribution in [3.05, 3.63) is 33.8 Å². The standard InChI is InChI=1S/C17H26Cl2N2/c1-13(2)10-20-11-14-5-7-21(8-6-14)12-15-9-16(18)3-4-17(15)19/h3-4,9,13-14,20H,5-8,10-12H2,1-2H3. The number of piperidine rings is 1. The van der Waals surface area contributed by atoms with E-state index in [1.165, 1.54) is 12.8 Å². The molecule has 1 aliphatic rings. The molecule has 0 bridgehead atoms. The number of hydrogen-bond acceptors (Lipinski definition) is 2. The molecule has 1 aliphatic heterocycles. The van der Waals surface area contributed by atoms with Crippen molar-refractivity contribution < 1.29 is 0 Å². The summed E-state index contributed by atoms with van der Waals surface area (Å²) >= 11 is 12.3. The van der Waals surface area contributed by atoms with Crippen LogP contribution in [0.3, 0.4) is 0 Å². The molecule has 0 saturated carbocycles. The zero-order chi connectivity index (χ0) is 15.2. The Labute approximate surface area is 138 Å². The highest BCUT2D eigenvalue weighted by atomic mass is 35.5. The molecule has 1 aromatic rings. The average molecular weight is 329 g/mol. The number of nitrogens with zero attached hydrogens (tertiary/aromatic N) is 1. The van der Waals surface area contributed by atoms with Gasteiger partial charge < -0.3 is 5.32 Å². The molecule has 0 atom stereocenters. The summed E-state index contributed by atoms with van der Waals surface area (Å²) in [6.45, 7) is 10.00. The highest BCUT2D eigenvalue weighted by Gasteiger charge is 2.19. The van der Waals surface area contributed by atoms with Gasteiger partial charge >= 0.3 is 0 Å². The van der Waals surface area contributed by atoms with Gasteiger partial charge in [-0.05, 0) is 74.6 Å². The molecule has 118 valence electrons. The number of nitrogens with one attached hydrogen (secondary N) is 1. The van der Waals surface area contributed by atoms with Crippen molar-refractivity contribution in [3.8, 4) is 0 Å². The highest BCUT2D eigenvalue weighted by Crippen LogP contribution is 2.24. The van der Waals surface area contributed by atoms with Crippen LogP contribution < -0.4 is 5.32 Å². The van der Waals surface area contributed by atoms with Crippen LogP contribution in [0.4, 0.5) is 0 Å². The van der Waals surface area contributed by atoms with Crippen molar-refractivity contribution in [1.29, 1.82) is 0 Å². The van der Waals surface area contributed by atoms with E-state index in [9.17, 15) is 0 Å². The summed E-state index contributed by atoms with van der Waals surface area (Å²) in [7, 11) is 0. The Kier molecular flexibility index (Phi) is 6.81. The van der Waals surface area contributed by atoms with Crippen LogP contribution in [0.25, 0.3) is 0 Å². The van der Waals surface area contributed by atoms with Crippen LogP contribution in [0.1, 0.15) is 32.3 Å². The van der Waals surface area contributed by atoms with Crippen LogP contribution >= 0.6 is 23.2 Å². The van der Waals surface area contributed by atoms with Gasteiger partial charge in [0.2, 0.25) is 0 Å². The maximum Gasteiger partial charge on any atom is 0.0452 e. The second-order valence-corrected chi connectivity index (χ2v) is 7.35. The zero-order valence-electron chi connectivity index (χ0n) is 13.0. The molecule has 0 radical (unpaired) electrons. The Morgan fingerprint density at radius 2 is 1.95 bits per heavy atom.